The van der Waals surface area contributed by atoms with Gasteiger partial charge in [0, 0.05) is 18.5 Å². The Morgan fingerprint density at radius 2 is 1.76 bits per heavy atom. The summed E-state index contributed by atoms with van der Waals surface area (Å²) < 4.78 is 6.45. The van der Waals surface area contributed by atoms with Crippen molar-refractivity contribution in [3.05, 3.63) is 106 Å². The molecule has 2 amide bonds. The molecule has 0 spiro atoms. The van der Waals surface area contributed by atoms with Crippen molar-refractivity contribution in [1.29, 1.82) is 0 Å². The molecule has 1 aliphatic rings. The molecule has 45 heavy (non-hydrogen) atoms. The molecule has 236 valence electrons. The highest BCUT2D eigenvalue weighted by Crippen LogP contribution is 2.38. The second-order valence-corrected chi connectivity index (χ2v) is 13.1. The van der Waals surface area contributed by atoms with Gasteiger partial charge in [-0.1, -0.05) is 124 Å². The Morgan fingerprint density at radius 1 is 1.07 bits per heavy atom. The molecule has 4 rings (SSSR count). The predicted molar refractivity (Wildman–Crippen MR) is 184 cm³/mol. The SMILES string of the molecule is CCCCC(C(=O)NCc1cc(C=C2SC(=S)N(CC(=O)O)C2=O)ccc1OCCc1ccccc1)(c1ccccc1)C(C)C. The number of nitrogens with one attached hydrogen (secondary N) is 1. The number of amides is 2. The van der Waals surface area contributed by atoms with E-state index in [-0.39, 0.29) is 22.7 Å². The van der Waals surface area contributed by atoms with Gasteiger partial charge in [0.15, 0.2) is 0 Å². The van der Waals surface area contributed by atoms with Crippen LogP contribution in [0.25, 0.3) is 6.08 Å². The van der Waals surface area contributed by atoms with Crippen molar-refractivity contribution >= 4 is 52.2 Å². The summed E-state index contributed by atoms with van der Waals surface area (Å²) in [6.45, 7) is 6.53. The van der Waals surface area contributed by atoms with Gasteiger partial charge < -0.3 is 15.2 Å². The van der Waals surface area contributed by atoms with Gasteiger partial charge in [0.05, 0.1) is 16.9 Å². The fourth-order valence-corrected chi connectivity index (χ4v) is 6.87. The lowest BCUT2D eigenvalue weighted by molar-refractivity contribution is -0.140. The summed E-state index contributed by atoms with van der Waals surface area (Å²) in [5, 5.41) is 12.4. The van der Waals surface area contributed by atoms with Gasteiger partial charge in [-0.25, -0.2) is 0 Å². The van der Waals surface area contributed by atoms with E-state index < -0.39 is 23.8 Å². The van der Waals surface area contributed by atoms with Crippen LogP contribution in [-0.2, 0) is 32.8 Å². The van der Waals surface area contributed by atoms with Crippen molar-refractivity contribution in [3.8, 4) is 5.75 Å². The van der Waals surface area contributed by atoms with E-state index in [1.807, 2.05) is 66.7 Å². The molecular weight excluding hydrogens is 605 g/mol. The summed E-state index contributed by atoms with van der Waals surface area (Å²) in [7, 11) is 0. The van der Waals surface area contributed by atoms with Gasteiger partial charge in [0.25, 0.3) is 5.91 Å². The third kappa shape index (κ3) is 8.41. The number of carboxylic acid groups (broad SMARTS) is 1. The number of nitrogens with zero attached hydrogens (tertiary/aromatic N) is 1. The number of unbranched alkanes of at least 4 members (excludes halogenated alkanes) is 1. The number of carbonyl (C=O) groups is 3. The average molecular weight is 645 g/mol. The highest BCUT2D eigenvalue weighted by atomic mass is 32.2. The van der Waals surface area contributed by atoms with Crippen LogP contribution in [0.15, 0.2) is 83.8 Å². The normalized spacial score (nSPS) is 15.4. The zero-order valence-corrected chi connectivity index (χ0v) is 27.6. The fourth-order valence-electron chi connectivity index (χ4n) is 5.61. The first-order chi connectivity index (χ1) is 21.6. The standard InChI is InChI=1S/C36H40N2O5S2/c1-4-5-19-36(25(2)3,29-14-10-7-11-15-29)34(42)37-23-28-21-27(22-31-33(41)38(24-32(39)40)35(44)45-31)16-17-30(28)43-20-18-26-12-8-6-9-13-26/h6-17,21-22,25H,4-5,18-20,23-24H2,1-3H3,(H,37,42)(H,39,40). The molecule has 0 bridgehead atoms. The summed E-state index contributed by atoms with van der Waals surface area (Å²) in [4.78, 5) is 39.7. The van der Waals surface area contributed by atoms with Crippen molar-refractivity contribution in [2.24, 2.45) is 5.92 Å². The van der Waals surface area contributed by atoms with Crippen LogP contribution in [0.2, 0.25) is 0 Å². The van der Waals surface area contributed by atoms with Crippen molar-refractivity contribution < 1.29 is 24.2 Å². The van der Waals surface area contributed by atoms with Crippen LogP contribution in [0.5, 0.6) is 5.75 Å². The van der Waals surface area contributed by atoms with E-state index in [2.05, 4.69) is 38.2 Å². The minimum absolute atomic E-state index is 0.0349. The zero-order valence-electron chi connectivity index (χ0n) is 26.0. The zero-order chi connectivity index (χ0) is 32.4. The van der Waals surface area contributed by atoms with Crippen LogP contribution < -0.4 is 10.1 Å². The molecule has 1 atom stereocenters. The third-order valence-electron chi connectivity index (χ3n) is 8.08. The van der Waals surface area contributed by atoms with Crippen LogP contribution in [0.4, 0.5) is 0 Å². The van der Waals surface area contributed by atoms with Gasteiger partial charge >= 0.3 is 5.97 Å². The fraction of sp³-hybridized carbons (Fsp3) is 0.333. The highest BCUT2D eigenvalue weighted by Gasteiger charge is 2.42. The first-order valence-electron chi connectivity index (χ1n) is 15.3. The maximum atomic E-state index is 14.2. The number of rotatable bonds is 15. The first-order valence-corrected chi connectivity index (χ1v) is 16.5. The van der Waals surface area contributed by atoms with Crippen LogP contribution in [0, 0.1) is 5.92 Å². The number of thioether (sulfide) groups is 1. The molecule has 1 heterocycles. The van der Waals surface area contributed by atoms with Gasteiger partial charge in [-0.05, 0) is 47.2 Å². The third-order valence-corrected chi connectivity index (χ3v) is 9.46. The largest absolute Gasteiger partial charge is 0.493 e. The molecule has 7 nitrogen and oxygen atoms in total. The molecule has 0 aliphatic carbocycles. The predicted octanol–water partition coefficient (Wildman–Crippen LogP) is 6.99. The van der Waals surface area contributed by atoms with Crippen LogP contribution in [0.3, 0.4) is 0 Å². The molecule has 0 saturated carbocycles. The Bertz CT molecular complexity index is 1540. The summed E-state index contributed by atoms with van der Waals surface area (Å²) in [6, 6.07) is 25.7. The van der Waals surface area contributed by atoms with Crippen molar-refractivity contribution in [3.63, 3.8) is 0 Å². The smallest absolute Gasteiger partial charge is 0.323 e. The average Bonchev–Trinajstić information content (AvgIpc) is 3.28. The summed E-state index contributed by atoms with van der Waals surface area (Å²) in [6.07, 6.45) is 5.06. The number of thiocarbonyl (C=S) groups is 1. The van der Waals surface area contributed by atoms with Crippen molar-refractivity contribution in [1.82, 2.24) is 10.2 Å². The Kier molecular flexibility index (Phi) is 12.0. The minimum atomic E-state index is -1.13. The second-order valence-electron chi connectivity index (χ2n) is 11.4. The van der Waals surface area contributed by atoms with Gasteiger partial charge in [-0.3, -0.25) is 19.3 Å². The molecule has 1 unspecified atom stereocenters. The Labute approximate surface area is 275 Å². The number of carboxylic acids is 1. The van der Waals surface area contributed by atoms with E-state index in [0.29, 0.717) is 17.3 Å². The number of ether oxygens (including phenoxy) is 1. The van der Waals surface area contributed by atoms with E-state index in [1.54, 1.807) is 6.08 Å². The maximum absolute atomic E-state index is 14.2. The topological polar surface area (TPSA) is 95.9 Å². The van der Waals surface area contributed by atoms with Gasteiger partial charge in [-0.2, -0.15) is 0 Å². The lowest BCUT2D eigenvalue weighted by atomic mass is 9.67. The van der Waals surface area contributed by atoms with Crippen LogP contribution in [0.1, 0.15) is 62.3 Å². The lowest BCUT2D eigenvalue weighted by Gasteiger charge is -2.37. The number of aliphatic carboxylic acids is 1. The molecule has 9 heteroatoms. The van der Waals surface area contributed by atoms with E-state index in [4.69, 9.17) is 17.0 Å². The lowest BCUT2D eigenvalue weighted by Crippen LogP contribution is -2.48. The van der Waals surface area contributed by atoms with Crippen LogP contribution >= 0.6 is 24.0 Å². The Morgan fingerprint density at radius 3 is 2.40 bits per heavy atom. The molecule has 2 N–H and O–H groups in total. The molecule has 0 radical (unpaired) electrons. The molecule has 3 aromatic rings. The van der Waals surface area contributed by atoms with E-state index >= 15 is 0 Å². The highest BCUT2D eigenvalue weighted by molar-refractivity contribution is 8.26. The van der Waals surface area contributed by atoms with E-state index in [1.165, 1.54) is 0 Å². The minimum Gasteiger partial charge on any atom is -0.493 e. The molecule has 1 saturated heterocycles. The summed E-state index contributed by atoms with van der Waals surface area (Å²) in [5.41, 5.74) is 2.96. The molecule has 1 aliphatic heterocycles. The summed E-state index contributed by atoms with van der Waals surface area (Å²) >= 11 is 6.33. The van der Waals surface area contributed by atoms with Gasteiger partial charge in [0.2, 0.25) is 5.91 Å². The summed E-state index contributed by atoms with van der Waals surface area (Å²) in [5.74, 6) is -0.898. The number of benzene rings is 3. The second kappa shape index (κ2) is 15.9. The van der Waals surface area contributed by atoms with Crippen molar-refractivity contribution in [2.75, 3.05) is 13.2 Å². The maximum Gasteiger partial charge on any atom is 0.323 e. The first kappa shape index (κ1) is 33.9. The van der Waals surface area contributed by atoms with E-state index in [0.717, 1.165) is 64.6 Å². The Hall–Kier alpha value is -3.95. The number of carbonyl (C=O) groups excluding carboxylic acids is 2. The quantitative estimate of drug-likeness (QED) is 0.136. The van der Waals surface area contributed by atoms with Crippen LogP contribution in [-0.4, -0.2) is 45.3 Å². The monoisotopic (exact) mass is 644 g/mol. The Balaban J connectivity index is 1.62. The molecule has 3 aromatic carbocycles. The molecule has 1 fully saturated rings. The molecule has 0 aromatic heterocycles. The van der Waals surface area contributed by atoms with Gasteiger partial charge in [-0.15, -0.1) is 0 Å². The number of hydrogen-bond acceptors (Lipinski definition) is 6. The number of hydrogen-bond donors (Lipinski definition) is 2. The van der Waals surface area contributed by atoms with Gasteiger partial charge in [0.1, 0.15) is 16.6 Å². The van der Waals surface area contributed by atoms with E-state index in [9.17, 15) is 19.5 Å². The molecular formula is C36H40N2O5S2. The van der Waals surface area contributed by atoms with Crippen molar-refractivity contribution in [2.45, 2.75) is 58.4 Å².